The zero-order chi connectivity index (χ0) is 23.0. The molecular weight excluding hydrogens is 409 g/mol. The molecule has 2 aromatic heterocycles. The van der Waals surface area contributed by atoms with Crippen LogP contribution in [0.15, 0.2) is 65.6 Å². The van der Waals surface area contributed by atoms with Crippen molar-refractivity contribution in [2.75, 3.05) is 5.32 Å². The maximum Gasteiger partial charge on any atom is 0.337 e. The fourth-order valence-electron chi connectivity index (χ4n) is 3.84. The number of fused-ring (bicyclic) bond motifs is 1. The van der Waals surface area contributed by atoms with Crippen LogP contribution in [0.2, 0.25) is 0 Å². The fourth-order valence-corrected chi connectivity index (χ4v) is 3.84. The number of nitrogens with one attached hydrogen (secondary N) is 1. The second-order valence-electron chi connectivity index (χ2n) is 7.78. The van der Waals surface area contributed by atoms with Crippen LogP contribution >= 0.6 is 0 Å². The van der Waals surface area contributed by atoms with Crippen molar-refractivity contribution in [1.82, 2.24) is 9.38 Å². The largest absolute Gasteiger partial charge is 0.478 e. The maximum atomic E-state index is 13.8. The minimum Gasteiger partial charge on any atom is -0.478 e. The lowest BCUT2D eigenvalue weighted by Crippen LogP contribution is -2.22. The average molecular weight is 431 g/mol. The third kappa shape index (κ3) is 3.85. The number of nitrogens with zero attached hydrogens (tertiary/aromatic N) is 2. The van der Waals surface area contributed by atoms with Gasteiger partial charge in [0.25, 0.3) is 5.56 Å². The van der Waals surface area contributed by atoms with Gasteiger partial charge in [-0.25, -0.2) is 14.2 Å². The van der Waals surface area contributed by atoms with Gasteiger partial charge in [0.2, 0.25) is 0 Å². The van der Waals surface area contributed by atoms with Crippen LogP contribution in [0.25, 0.3) is 16.9 Å². The SMILES string of the molecule is Cc1cc([C@H](C)Nc2ccccc2C(=O)O)c2nc(-c3cccc(F)c3)c(C)c(=O)n2c1. The van der Waals surface area contributed by atoms with Gasteiger partial charge in [-0.2, -0.15) is 0 Å². The highest BCUT2D eigenvalue weighted by molar-refractivity contribution is 5.94. The first-order valence-electron chi connectivity index (χ1n) is 10.1. The minimum absolute atomic E-state index is 0.151. The molecule has 0 amide bonds. The van der Waals surface area contributed by atoms with Crippen LogP contribution in [-0.2, 0) is 0 Å². The van der Waals surface area contributed by atoms with Crippen LogP contribution in [0.5, 0.6) is 0 Å². The molecule has 0 fully saturated rings. The van der Waals surface area contributed by atoms with Crippen molar-refractivity contribution in [1.29, 1.82) is 0 Å². The molecule has 1 atom stereocenters. The Labute approximate surface area is 184 Å². The summed E-state index contributed by atoms with van der Waals surface area (Å²) in [6.07, 6.45) is 1.72. The second kappa shape index (κ2) is 8.26. The highest BCUT2D eigenvalue weighted by Crippen LogP contribution is 2.27. The molecule has 0 aliphatic heterocycles. The first-order valence-corrected chi connectivity index (χ1v) is 10.1. The summed E-state index contributed by atoms with van der Waals surface area (Å²) in [6, 6.07) is 14.2. The third-order valence-electron chi connectivity index (χ3n) is 5.41. The van der Waals surface area contributed by atoms with Crippen LogP contribution in [-0.4, -0.2) is 20.5 Å². The highest BCUT2D eigenvalue weighted by atomic mass is 19.1. The molecule has 0 saturated carbocycles. The summed E-state index contributed by atoms with van der Waals surface area (Å²) in [5.41, 5.74) is 3.74. The van der Waals surface area contributed by atoms with E-state index in [-0.39, 0.29) is 17.2 Å². The summed E-state index contributed by atoms with van der Waals surface area (Å²) in [5, 5.41) is 12.7. The first-order chi connectivity index (χ1) is 15.3. The molecular formula is C25H22FN3O3. The van der Waals surface area contributed by atoms with E-state index in [9.17, 15) is 19.1 Å². The number of aromatic nitrogens is 2. The number of para-hydroxylation sites is 1. The van der Waals surface area contributed by atoms with E-state index >= 15 is 0 Å². The van der Waals surface area contributed by atoms with Crippen LogP contribution < -0.4 is 10.9 Å². The monoisotopic (exact) mass is 431 g/mol. The molecule has 7 heteroatoms. The lowest BCUT2D eigenvalue weighted by atomic mass is 10.0. The number of aromatic carboxylic acids is 1. The number of carbonyl (C=O) groups is 1. The van der Waals surface area contributed by atoms with Crippen LogP contribution in [0.1, 0.15) is 40.0 Å². The van der Waals surface area contributed by atoms with E-state index in [4.69, 9.17) is 4.98 Å². The summed E-state index contributed by atoms with van der Waals surface area (Å²) in [6.45, 7) is 5.43. The molecule has 32 heavy (non-hydrogen) atoms. The topological polar surface area (TPSA) is 83.7 Å². The number of pyridine rings is 1. The van der Waals surface area contributed by atoms with Crippen molar-refractivity contribution >= 4 is 17.3 Å². The van der Waals surface area contributed by atoms with Crippen LogP contribution in [0, 0.1) is 19.7 Å². The van der Waals surface area contributed by atoms with Gasteiger partial charge in [0.1, 0.15) is 11.5 Å². The first kappa shape index (κ1) is 21.2. The zero-order valence-electron chi connectivity index (χ0n) is 17.9. The van der Waals surface area contributed by atoms with Crippen molar-refractivity contribution in [3.8, 4) is 11.3 Å². The number of hydrogen-bond donors (Lipinski definition) is 2. The molecule has 0 saturated heterocycles. The number of anilines is 1. The summed E-state index contributed by atoms with van der Waals surface area (Å²) in [7, 11) is 0. The van der Waals surface area contributed by atoms with Gasteiger partial charge in [-0.15, -0.1) is 0 Å². The van der Waals surface area contributed by atoms with Crippen molar-refractivity contribution in [3.63, 3.8) is 0 Å². The summed E-state index contributed by atoms with van der Waals surface area (Å²) >= 11 is 0. The Morgan fingerprint density at radius 3 is 2.59 bits per heavy atom. The number of rotatable bonds is 5. The predicted octanol–water partition coefficient (Wildman–Crippen LogP) is 4.99. The smallest absolute Gasteiger partial charge is 0.337 e. The van der Waals surface area contributed by atoms with Gasteiger partial charge in [-0.3, -0.25) is 9.20 Å². The molecule has 0 aliphatic rings. The standard InChI is InChI=1S/C25H22FN3O3/c1-14-11-20(16(3)27-21-10-5-4-9-19(21)25(31)32)23-28-22(15(2)24(30)29(23)13-14)17-7-6-8-18(26)12-17/h4-13,16,27H,1-3H3,(H,31,32)/t16-/m0/s1. The number of aryl methyl sites for hydroxylation is 1. The van der Waals surface area contributed by atoms with E-state index in [1.807, 2.05) is 19.9 Å². The number of benzene rings is 2. The van der Waals surface area contributed by atoms with Gasteiger partial charge in [-0.1, -0.05) is 24.3 Å². The van der Waals surface area contributed by atoms with Gasteiger partial charge < -0.3 is 10.4 Å². The van der Waals surface area contributed by atoms with E-state index < -0.39 is 11.8 Å². The molecule has 2 aromatic carbocycles. The van der Waals surface area contributed by atoms with E-state index in [1.165, 1.54) is 22.6 Å². The van der Waals surface area contributed by atoms with Gasteiger partial charge in [-0.05, 0) is 56.7 Å². The Kier molecular flexibility index (Phi) is 5.48. The summed E-state index contributed by atoms with van der Waals surface area (Å²) in [5.74, 6) is -1.44. The quantitative estimate of drug-likeness (QED) is 0.465. The average Bonchev–Trinajstić information content (AvgIpc) is 2.76. The number of halogens is 1. The molecule has 0 radical (unpaired) electrons. The van der Waals surface area contributed by atoms with Gasteiger partial charge in [0.05, 0.1) is 17.3 Å². The molecule has 0 aliphatic carbocycles. The molecule has 4 aromatic rings. The minimum atomic E-state index is -1.03. The van der Waals surface area contributed by atoms with E-state index in [0.717, 1.165) is 11.1 Å². The number of carboxylic acid groups (broad SMARTS) is 1. The highest BCUT2D eigenvalue weighted by Gasteiger charge is 2.19. The Morgan fingerprint density at radius 1 is 1.12 bits per heavy atom. The Hall–Kier alpha value is -4.00. The van der Waals surface area contributed by atoms with Crippen molar-refractivity contribution in [3.05, 3.63) is 99.2 Å². The number of hydrogen-bond acceptors (Lipinski definition) is 4. The van der Waals surface area contributed by atoms with Crippen molar-refractivity contribution in [2.24, 2.45) is 0 Å². The molecule has 0 bridgehead atoms. The molecule has 2 heterocycles. The summed E-state index contributed by atoms with van der Waals surface area (Å²) in [4.78, 5) is 29.5. The zero-order valence-corrected chi connectivity index (χ0v) is 17.9. The van der Waals surface area contributed by atoms with Gasteiger partial charge >= 0.3 is 5.97 Å². The normalized spacial score (nSPS) is 12.0. The van der Waals surface area contributed by atoms with Crippen LogP contribution in [0.3, 0.4) is 0 Å². The summed E-state index contributed by atoms with van der Waals surface area (Å²) < 4.78 is 15.3. The number of carboxylic acids is 1. The molecule has 6 nitrogen and oxygen atoms in total. The Balaban J connectivity index is 1.90. The van der Waals surface area contributed by atoms with Crippen molar-refractivity contribution < 1.29 is 14.3 Å². The molecule has 0 spiro atoms. The Morgan fingerprint density at radius 2 is 1.88 bits per heavy atom. The fraction of sp³-hybridized carbons (Fsp3) is 0.160. The molecule has 2 N–H and O–H groups in total. The second-order valence-corrected chi connectivity index (χ2v) is 7.78. The van der Waals surface area contributed by atoms with Gasteiger partial charge in [0, 0.05) is 28.6 Å². The van der Waals surface area contributed by atoms with Gasteiger partial charge in [0.15, 0.2) is 0 Å². The molecule has 4 rings (SSSR count). The third-order valence-corrected chi connectivity index (χ3v) is 5.41. The van der Waals surface area contributed by atoms with E-state index in [0.29, 0.717) is 28.2 Å². The van der Waals surface area contributed by atoms with Crippen LogP contribution in [0.4, 0.5) is 10.1 Å². The Bertz CT molecular complexity index is 1410. The maximum absolute atomic E-state index is 13.8. The molecule has 162 valence electrons. The lowest BCUT2D eigenvalue weighted by Gasteiger charge is -2.20. The van der Waals surface area contributed by atoms with E-state index in [2.05, 4.69) is 5.32 Å². The lowest BCUT2D eigenvalue weighted by molar-refractivity contribution is 0.0698. The van der Waals surface area contributed by atoms with E-state index in [1.54, 1.807) is 43.5 Å². The van der Waals surface area contributed by atoms with Crippen molar-refractivity contribution in [2.45, 2.75) is 26.8 Å². The predicted molar refractivity (Wildman–Crippen MR) is 122 cm³/mol. The molecule has 0 unspecified atom stereocenters.